The van der Waals surface area contributed by atoms with Crippen LogP contribution in [0.15, 0.2) is 36.4 Å². The number of carbonyl (C=O) groups excluding carboxylic acids is 1. The molecule has 1 fully saturated rings. The van der Waals surface area contributed by atoms with Crippen molar-refractivity contribution in [3.8, 4) is 11.3 Å². The van der Waals surface area contributed by atoms with Gasteiger partial charge in [0.2, 0.25) is 11.9 Å². The number of pyridine rings is 1. The fraction of sp³-hybridized carbons (Fsp3) is 0.333. The third-order valence-corrected chi connectivity index (χ3v) is 5.18. The van der Waals surface area contributed by atoms with Crippen LogP contribution in [0.2, 0.25) is 0 Å². The molecule has 0 atom stereocenters. The van der Waals surface area contributed by atoms with Crippen LogP contribution in [0, 0.1) is 5.82 Å². The number of carbonyl (C=O) groups is 1. The molecule has 29 heavy (non-hydrogen) atoms. The van der Waals surface area contributed by atoms with Gasteiger partial charge in [-0.15, -0.1) is 0 Å². The van der Waals surface area contributed by atoms with Crippen LogP contribution < -0.4 is 16.4 Å². The highest BCUT2D eigenvalue weighted by Gasteiger charge is 2.23. The van der Waals surface area contributed by atoms with Gasteiger partial charge in [-0.2, -0.15) is 4.98 Å². The van der Waals surface area contributed by atoms with Crippen molar-refractivity contribution in [2.24, 2.45) is 0 Å². The summed E-state index contributed by atoms with van der Waals surface area (Å²) in [6, 6.07) is 10.3. The van der Waals surface area contributed by atoms with Crippen molar-refractivity contribution in [3.63, 3.8) is 0 Å². The van der Waals surface area contributed by atoms with Gasteiger partial charge < -0.3 is 16.4 Å². The summed E-state index contributed by atoms with van der Waals surface area (Å²) in [6.07, 6.45) is 3.63. The van der Waals surface area contributed by atoms with Crippen LogP contribution in [-0.2, 0) is 4.79 Å². The Morgan fingerprint density at radius 2 is 1.69 bits per heavy atom. The summed E-state index contributed by atoms with van der Waals surface area (Å²) in [5, 5.41) is 6.44. The van der Waals surface area contributed by atoms with E-state index < -0.39 is 0 Å². The maximum atomic E-state index is 13.2. The third kappa shape index (κ3) is 4.42. The molecule has 4 N–H and O–H groups in total. The number of aromatic nitrogens is 3. The van der Waals surface area contributed by atoms with E-state index in [9.17, 15) is 9.18 Å². The van der Waals surface area contributed by atoms with E-state index in [2.05, 4.69) is 20.6 Å². The topological polar surface area (TPSA) is 106 Å². The summed E-state index contributed by atoms with van der Waals surface area (Å²) < 4.78 is 13.2. The largest absolute Gasteiger partial charge is 0.368 e. The molecule has 1 aliphatic carbocycles. The zero-order chi connectivity index (χ0) is 20.4. The number of nitrogens with one attached hydrogen (secondary N) is 2. The summed E-state index contributed by atoms with van der Waals surface area (Å²) in [5.74, 6) is 0.499. The molecule has 0 spiro atoms. The Morgan fingerprint density at radius 3 is 2.38 bits per heavy atom. The van der Waals surface area contributed by atoms with Gasteiger partial charge in [0, 0.05) is 24.6 Å². The average Bonchev–Trinajstić information content (AvgIpc) is 2.69. The van der Waals surface area contributed by atoms with Gasteiger partial charge in [-0.05, 0) is 62.1 Å². The predicted octanol–water partition coefficient (Wildman–Crippen LogP) is 3.27. The van der Waals surface area contributed by atoms with Gasteiger partial charge in [-0.25, -0.2) is 14.4 Å². The molecule has 1 aliphatic rings. The van der Waals surface area contributed by atoms with E-state index in [1.165, 1.54) is 12.1 Å². The van der Waals surface area contributed by atoms with Crippen molar-refractivity contribution in [2.45, 2.75) is 44.7 Å². The highest BCUT2D eigenvalue weighted by molar-refractivity contribution is 5.88. The predicted molar refractivity (Wildman–Crippen MR) is 111 cm³/mol. The monoisotopic (exact) mass is 394 g/mol. The van der Waals surface area contributed by atoms with Crippen LogP contribution in [0.1, 0.15) is 32.6 Å². The Balaban J connectivity index is 1.59. The number of amides is 1. The average molecular weight is 394 g/mol. The van der Waals surface area contributed by atoms with Crippen molar-refractivity contribution in [3.05, 3.63) is 42.2 Å². The van der Waals surface area contributed by atoms with Crippen LogP contribution in [0.5, 0.6) is 0 Å². The Morgan fingerprint density at radius 1 is 1.00 bits per heavy atom. The lowest BCUT2D eigenvalue weighted by Gasteiger charge is -2.29. The highest BCUT2D eigenvalue weighted by atomic mass is 19.1. The molecule has 1 saturated carbocycles. The first-order valence-electron chi connectivity index (χ1n) is 9.72. The number of nitrogens with zero attached hydrogens (tertiary/aromatic N) is 3. The minimum absolute atomic E-state index is 0.00787. The number of nitrogens with two attached hydrogens (primary N) is 1. The first-order chi connectivity index (χ1) is 14.0. The molecule has 8 heteroatoms. The zero-order valence-electron chi connectivity index (χ0n) is 16.2. The fourth-order valence-electron chi connectivity index (χ4n) is 3.78. The molecule has 1 amide bonds. The number of fused-ring (bicyclic) bond motifs is 1. The van der Waals surface area contributed by atoms with Gasteiger partial charge in [-0.3, -0.25) is 4.79 Å². The minimum atomic E-state index is -0.289. The van der Waals surface area contributed by atoms with Gasteiger partial charge >= 0.3 is 0 Å². The van der Waals surface area contributed by atoms with Crippen molar-refractivity contribution >= 4 is 28.7 Å². The number of rotatable bonds is 4. The molecule has 7 nitrogen and oxygen atoms in total. The molecule has 2 aromatic heterocycles. The Bertz CT molecular complexity index is 1030. The standard InChI is InChI=1S/C21H23FN6O/c1-12(29)24-15-6-8-16(9-7-15)25-20-19-18(27-21(23)28-20)11-10-17(26-19)13-2-4-14(22)5-3-13/h2-5,10-11,15-16H,6-9H2,1H3,(H,24,29)(H3,23,25,27,28). The smallest absolute Gasteiger partial charge is 0.222 e. The Kier molecular flexibility index (Phi) is 5.24. The number of halogens is 1. The normalized spacial score (nSPS) is 19.1. The molecule has 2 heterocycles. The molecule has 0 radical (unpaired) electrons. The molecule has 0 bridgehead atoms. The number of anilines is 2. The lowest BCUT2D eigenvalue weighted by atomic mass is 9.91. The third-order valence-electron chi connectivity index (χ3n) is 5.18. The van der Waals surface area contributed by atoms with Crippen LogP contribution in [-0.4, -0.2) is 32.9 Å². The number of hydrogen-bond acceptors (Lipinski definition) is 6. The molecule has 150 valence electrons. The fourth-order valence-corrected chi connectivity index (χ4v) is 3.78. The van der Waals surface area contributed by atoms with E-state index >= 15 is 0 Å². The summed E-state index contributed by atoms with van der Waals surface area (Å²) in [6.45, 7) is 1.55. The highest BCUT2D eigenvalue weighted by Crippen LogP contribution is 2.27. The number of hydrogen-bond donors (Lipinski definition) is 3. The quantitative estimate of drug-likeness (QED) is 0.627. The first-order valence-corrected chi connectivity index (χ1v) is 9.72. The molecule has 4 rings (SSSR count). The molecule has 0 unspecified atom stereocenters. The van der Waals surface area contributed by atoms with Gasteiger partial charge in [0.25, 0.3) is 0 Å². The molecule has 1 aromatic carbocycles. The van der Waals surface area contributed by atoms with E-state index in [0.29, 0.717) is 22.5 Å². The van der Waals surface area contributed by atoms with E-state index in [1.54, 1.807) is 19.1 Å². The Labute approximate surface area is 168 Å². The SMILES string of the molecule is CC(=O)NC1CCC(Nc2nc(N)nc3ccc(-c4ccc(F)cc4)nc23)CC1. The molecule has 0 aliphatic heterocycles. The van der Waals surface area contributed by atoms with E-state index in [4.69, 9.17) is 10.7 Å². The number of nitrogen functional groups attached to an aromatic ring is 1. The first kappa shape index (κ1) is 19.0. The van der Waals surface area contributed by atoms with Gasteiger partial charge in [0.15, 0.2) is 5.82 Å². The van der Waals surface area contributed by atoms with Crippen molar-refractivity contribution < 1.29 is 9.18 Å². The summed E-state index contributed by atoms with van der Waals surface area (Å²) in [4.78, 5) is 24.6. The Hall–Kier alpha value is -3.29. The molecule has 0 saturated heterocycles. The van der Waals surface area contributed by atoms with Gasteiger partial charge in [0.1, 0.15) is 11.3 Å². The van der Waals surface area contributed by atoms with Crippen LogP contribution in [0.3, 0.4) is 0 Å². The lowest BCUT2D eigenvalue weighted by molar-refractivity contribution is -0.119. The zero-order valence-corrected chi connectivity index (χ0v) is 16.2. The number of benzene rings is 1. The second kappa shape index (κ2) is 7.98. The van der Waals surface area contributed by atoms with E-state index in [0.717, 1.165) is 31.2 Å². The molecular formula is C21H23FN6O. The summed E-state index contributed by atoms with van der Waals surface area (Å²) >= 11 is 0. The van der Waals surface area contributed by atoms with Crippen molar-refractivity contribution in [2.75, 3.05) is 11.1 Å². The van der Waals surface area contributed by atoms with Gasteiger partial charge in [0.05, 0.1) is 11.2 Å². The van der Waals surface area contributed by atoms with E-state index in [1.807, 2.05) is 12.1 Å². The maximum Gasteiger partial charge on any atom is 0.222 e. The molecule has 3 aromatic rings. The maximum absolute atomic E-state index is 13.2. The van der Waals surface area contributed by atoms with Crippen LogP contribution in [0.25, 0.3) is 22.3 Å². The van der Waals surface area contributed by atoms with Crippen LogP contribution >= 0.6 is 0 Å². The second-order valence-electron chi connectivity index (χ2n) is 7.39. The summed E-state index contributed by atoms with van der Waals surface area (Å²) in [5.41, 5.74) is 8.70. The minimum Gasteiger partial charge on any atom is -0.368 e. The van der Waals surface area contributed by atoms with Crippen molar-refractivity contribution in [1.82, 2.24) is 20.3 Å². The van der Waals surface area contributed by atoms with Gasteiger partial charge in [-0.1, -0.05) is 0 Å². The second-order valence-corrected chi connectivity index (χ2v) is 7.39. The lowest BCUT2D eigenvalue weighted by Crippen LogP contribution is -2.39. The van der Waals surface area contributed by atoms with Crippen LogP contribution in [0.4, 0.5) is 16.2 Å². The van der Waals surface area contributed by atoms with E-state index in [-0.39, 0.29) is 29.8 Å². The van der Waals surface area contributed by atoms with Crippen molar-refractivity contribution in [1.29, 1.82) is 0 Å². The summed E-state index contributed by atoms with van der Waals surface area (Å²) in [7, 11) is 0. The molecular weight excluding hydrogens is 371 g/mol.